The highest BCUT2D eigenvalue weighted by molar-refractivity contribution is 6.31. The fourth-order valence-corrected chi connectivity index (χ4v) is 3.31. The lowest BCUT2D eigenvalue weighted by atomic mass is 10.0. The van der Waals surface area contributed by atoms with Crippen molar-refractivity contribution in [3.05, 3.63) is 86.9 Å². The minimum atomic E-state index is -0.519. The van der Waals surface area contributed by atoms with Crippen LogP contribution in [-0.2, 0) is 22.6 Å². The standard InChI is InChI=1S/C22H20ClN3O4/c1-25(14-17-11-18(26(29)30)9-10-20(17)23)22(28)13-24-21(27)12-16-7-4-6-15-5-2-3-8-19(15)16/h2-11H,12-14H2,1H3,(H,24,27). The predicted octanol–water partition coefficient (Wildman–Crippen LogP) is 3.72. The quantitative estimate of drug-likeness (QED) is 0.461. The van der Waals surface area contributed by atoms with Crippen LogP contribution in [0.2, 0.25) is 5.02 Å². The Balaban J connectivity index is 1.58. The molecule has 3 rings (SSSR count). The van der Waals surface area contributed by atoms with E-state index in [-0.39, 0.29) is 37.0 Å². The monoisotopic (exact) mass is 425 g/mol. The van der Waals surface area contributed by atoms with Crippen molar-refractivity contribution in [2.24, 2.45) is 0 Å². The molecule has 0 aromatic heterocycles. The minimum Gasteiger partial charge on any atom is -0.347 e. The zero-order chi connectivity index (χ0) is 21.7. The first kappa shape index (κ1) is 21.3. The van der Waals surface area contributed by atoms with Gasteiger partial charge in [0.05, 0.1) is 17.9 Å². The molecule has 0 fully saturated rings. The van der Waals surface area contributed by atoms with E-state index >= 15 is 0 Å². The first-order valence-corrected chi connectivity index (χ1v) is 9.63. The van der Waals surface area contributed by atoms with E-state index < -0.39 is 4.92 Å². The van der Waals surface area contributed by atoms with Crippen molar-refractivity contribution >= 4 is 39.9 Å². The molecule has 3 aromatic carbocycles. The molecule has 0 bridgehead atoms. The third kappa shape index (κ3) is 5.12. The average molecular weight is 426 g/mol. The first-order valence-electron chi connectivity index (χ1n) is 9.25. The molecule has 154 valence electrons. The van der Waals surface area contributed by atoms with Crippen LogP contribution in [0, 0.1) is 10.1 Å². The van der Waals surface area contributed by atoms with Gasteiger partial charge in [-0.15, -0.1) is 0 Å². The maximum atomic E-state index is 12.4. The van der Waals surface area contributed by atoms with E-state index in [1.54, 1.807) is 7.05 Å². The summed E-state index contributed by atoms with van der Waals surface area (Å²) < 4.78 is 0. The number of amides is 2. The molecule has 0 radical (unpaired) electrons. The van der Waals surface area contributed by atoms with Gasteiger partial charge in [-0.05, 0) is 28.0 Å². The Morgan fingerprint density at radius 3 is 2.57 bits per heavy atom. The summed E-state index contributed by atoms with van der Waals surface area (Å²) in [6, 6.07) is 17.6. The molecule has 1 N–H and O–H groups in total. The van der Waals surface area contributed by atoms with Gasteiger partial charge in [0.25, 0.3) is 5.69 Å². The van der Waals surface area contributed by atoms with E-state index in [4.69, 9.17) is 11.6 Å². The number of benzene rings is 3. The number of hydrogen-bond donors (Lipinski definition) is 1. The van der Waals surface area contributed by atoms with Crippen LogP contribution in [0.3, 0.4) is 0 Å². The molecule has 0 heterocycles. The summed E-state index contributed by atoms with van der Waals surface area (Å²) in [4.78, 5) is 36.5. The maximum Gasteiger partial charge on any atom is 0.269 e. The number of rotatable bonds is 7. The van der Waals surface area contributed by atoms with Gasteiger partial charge >= 0.3 is 0 Å². The highest BCUT2D eigenvalue weighted by Crippen LogP contribution is 2.23. The number of nitrogens with zero attached hydrogens (tertiary/aromatic N) is 2. The van der Waals surface area contributed by atoms with Crippen molar-refractivity contribution in [3.8, 4) is 0 Å². The number of hydrogen-bond acceptors (Lipinski definition) is 4. The molecule has 30 heavy (non-hydrogen) atoms. The van der Waals surface area contributed by atoms with Crippen molar-refractivity contribution < 1.29 is 14.5 Å². The smallest absolute Gasteiger partial charge is 0.269 e. The zero-order valence-electron chi connectivity index (χ0n) is 16.3. The Morgan fingerprint density at radius 1 is 1.07 bits per heavy atom. The largest absolute Gasteiger partial charge is 0.347 e. The molecule has 7 nitrogen and oxygen atoms in total. The molecule has 0 saturated heterocycles. The molecule has 0 unspecified atom stereocenters. The maximum absolute atomic E-state index is 12.4. The Morgan fingerprint density at radius 2 is 1.80 bits per heavy atom. The molecule has 8 heteroatoms. The second-order valence-corrected chi connectivity index (χ2v) is 7.28. The number of likely N-dealkylation sites (N-methyl/N-ethyl adjacent to an activating group) is 1. The van der Waals surface area contributed by atoms with E-state index in [9.17, 15) is 19.7 Å². The molecule has 0 saturated carbocycles. The normalized spacial score (nSPS) is 10.6. The van der Waals surface area contributed by atoms with Gasteiger partial charge in [-0.2, -0.15) is 0 Å². The Labute approximate surface area is 178 Å². The van der Waals surface area contributed by atoms with Crippen molar-refractivity contribution in [3.63, 3.8) is 0 Å². The van der Waals surface area contributed by atoms with Gasteiger partial charge in [0, 0.05) is 30.7 Å². The third-order valence-corrected chi connectivity index (χ3v) is 5.11. The van der Waals surface area contributed by atoms with Gasteiger partial charge in [0.2, 0.25) is 11.8 Å². The SMILES string of the molecule is CN(Cc1cc([N+](=O)[O-])ccc1Cl)C(=O)CNC(=O)Cc1cccc2ccccc12. The Hall–Kier alpha value is -3.45. The van der Waals surface area contributed by atoms with Crippen molar-refractivity contribution in [2.75, 3.05) is 13.6 Å². The van der Waals surface area contributed by atoms with E-state index in [1.807, 2.05) is 42.5 Å². The third-order valence-electron chi connectivity index (χ3n) is 4.74. The van der Waals surface area contributed by atoms with Gasteiger partial charge in [0.1, 0.15) is 0 Å². The summed E-state index contributed by atoms with van der Waals surface area (Å²) in [5.41, 5.74) is 1.25. The summed E-state index contributed by atoms with van der Waals surface area (Å²) in [5, 5.41) is 15.9. The lowest BCUT2D eigenvalue weighted by molar-refractivity contribution is -0.384. The topological polar surface area (TPSA) is 92.5 Å². The summed E-state index contributed by atoms with van der Waals surface area (Å²) >= 11 is 6.08. The number of fused-ring (bicyclic) bond motifs is 1. The van der Waals surface area contributed by atoms with Gasteiger partial charge in [-0.3, -0.25) is 19.7 Å². The lowest BCUT2D eigenvalue weighted by Gasteiger charge is -2.18. The second-order valence-electron chi connectivity index (χ2n) is 6.87. The number of non-ortho nitro benzene ring substituents is 1. The van der Waals surface area contributed by atoms with E-state index in [0.717, 1.165) is 16.3 Å². The first-order chi connectivity index (χ1) is 14.3. The number of carbonyl (C=O) groups is 2. The average Bonchev–Trinajstić information content (AvgIpc) is 2.73. The fourth-order valence-electron chi connectivity index (χ4n) is 3.13. The van der Waals surface area contributed by atoms with Crippen LogP contribution in [-0.4, -0.2) is 35.2 Å². The number of nitro benzene ring substituents is 1. The summed E-state index contributed by atoms with van der Waals surface area (Å²) in [7, 11) is 1.55. The molecule has 0 aliphatic carbocycles. The lowest BCUT2D eigenvalue weighted by Crippen LogP contribution is -2.38. The molecular weight excluding hydrogens is 406 g/mol. The predicted molar refractivity (Wildman–Crippen MR) is 115 cm³/mol. The number of carbonyl (C=O) groups excluding carboxylic acids is 2. The second kappa shape index (κ2) is 9.37. The summed E-state index contributed by atoms with van der Waals surface area (Å²) in [5.74, 6) is -0.592. The van der Waals surface area contributed by atoms with Crippen LogP contribution >= 0.6 is 11.6 Å². The van der Waals surface area contributed by atoms with E-state index in [0.29, 0.717) is 10.6 Å². The Bertz CT molecular complexity index is 1110. The molecule has 0 aliphatic heterocycles. The number of nitrogens with one attached hydrogen (secondary N) is 1. The fraction of sp³-hybridized carbons (Fsp3) is 0.182. The van der Waals surface area contributed by atoms with Crippen LogP contribution in [0.15, 0.2) is 60.7 Å². The van der Waals surface area contributed by atoms with Crippen LogP contribution in [0.5, 0.6) is 0 Å². The highest BCUT2D eigenvalue weighted by atomic mass is 35.5. The summed E-state index contributed by atoms with van der Waals surface area (Å²) in [6.45, 7) is -0.0782. The molecule has 3 aromatic rings. The number of halogens is 1. The molecule has 2 amide bonds. The van der Waals surface area contributed by atoms with Gasteiger partial charge in [-0.1, -0.05) is 54.1 Å². The van der Waals surface area contributed by atoms with Crippen molar-refractivity contribution in [2.45, 2.75) is 13.0 Å². The van der Waals surface area contributed by atoms with Crippen LogP contribution < -0.4 is 5.32 Å². The van der Waals surface area contributed by atoms with Crippen LogP contribution in [0.1, 0.15) is 11.1 Å². The van der Waals surface area contributed by atoms with Gasteiger partial charge in [0.15, 0.2) is 0 Å². The minimum absolute atomic E-state index is 0.0958. The van der Waals surface area contributed by atoms with E-state index in [2.05, 4.69) is 5.32 Å². The summed E-state index contributed by atoms with van der Waals surface area (Å²) in [6.07, 6.45) is 0.162. The van der Waals surface area contributed by atoms with Crippen molar-refractivity contribution in [1.82, 2.24) is 10.2 Å². The van der Waals surface area contributed by atoms with Crippen LogP contribution in [0.4, 0.5) is 5.69 Å². The molecule has 0 atom stereocenters. The Kier molecular flexibility index (Phi) is 6.64. The highest BCUT2D eigenvalue weighted by Gasteiger charge is 2.16. The molecule has 0 aliphatic rings. The molecular formula is C22H20ClN3O4. The van der Waals surface area contributed by atoms with Crippen molar-refractivity contribution in [1.29, 1.82) is 0 Å². The van der Waals surface area contributed by atoms with Gasteiger partial charge < -0.3 is 10.2 Å². The number of nitro groups is 1. The molecule has 0 spiro atoms. The van der Waals surface area contributed by atoms with Gasteiger partial charge in [-0.25, -0.2) is 0 Å². The van der Waals surface area contributed by atoms with Crippen LogP contribution in [0.25, 0.3) is 10.8 Å². The zero-order valence-corrected chi connectivity index (χ0v) is 17.1. The van der Waals surface area contributed by atoms with E-state index in [1.165, 1.54) is 23.1 Å².